The Morgan fingerprint density at radius 3 is 2.42 bits per heavy atom. The highest BCUT2D eigenvalue weighted by molar-refractivity contribution is 5.81. The van der Waals surface area contributed by atoms with Gasteiger partial charge < -0.3 is 19.7 Å². The third kappa shape index (κ3) is 5.23. The van der Waals surface area contributed by atoms with Crippen LogP contribution in [0.15, 0.2) is 24.3 Å². The molecule has 2 rings (SSSR count). The summed E-state index contributed by atoms with van der Waals surface area (Å²) in [5.74, 6) is 0.950. The van der Waals surface area contributed by atoms with Gasteiger partial charge in [0.15, 0.2) is 0 Å². The molecule has 0 aliphatic carbocycles. The average molecular weight is 334 g/mol. The standard InChI is InChI=1S/C18H26N2O4/c1-23-12-9-19-18(22)15-7-10-20(11-8-15)17(21)13-14-3-5-16(24-2)6-4-14/h3-6,15H,7-13H2,1-2H3,(H,19,22). The molecule has 0 spiro atoms. The van der Waals surface area contributed by atoms with E-state index >= 15 is 0 Å². The molecule has 1 aromatic rings. The van der Waals surface area contributed by atoms with Gasteiger partial charge in [-0.1, -0.05) is 12.1 Å². The number of piperidine rings is 1. The van der Waals surface area contributed by atoms with Crippen molar-refractivity contribution in [2.24, 2.45) is 5.92 Å². The zero-order chi connectivity index (χ0) is 17.4. The lowest BCUT2D eigenvalue weighted by Gasteiger charge is -2.31. The van der Waals surface area contributed by atoms with E-state index in [-0.39, 0.29) is 17.7 Å². The maximum atomic E-state index is 12.4. The molecule has 6 nitrogen and oxygen atoms in total. The molecule has 1 N–H and O–H groups in total. The van der Waals surface area contributed by atoms with Crippen molar-refractivity contribution in [1.82, 2.24) is 10.2 Å². The van der Waals surface area contributed by atoms with Crippen LogP contribution in [0, 0.1) is 5.92 Å². The minimum absolute atomic E-state index is 0.00751. The number of hydrogen-bond acceptors (Lipinski definition) is 4. The zero-order valence-electron chi connectivity index (χ0n) is 14.4. The Labute approximate surface area is 143 Å². The van der Waals surface area contributed by atoms with Crippen LogP contribution in [0.5, 0.6) is 5.75 Å². The predicted molar refractivity (Wildman–Crippen MR) is 90.9 cm³/mol. The van der Waals surface area contributed by atoms with Gasteiger partial charge in [0, 0.05) is 32.7 Å². The number of rotatable bonds is 7. The van der Waals surface area contributed by atoms with Crippen LogP contribution >= 0.6 is 0 Å². The van der Waals surface area contributed by atoms with Gasteiger partial charge in [0.25, 0.3) is 0 Å². The van der Waals surface area contributed by atoms with Crippen LogP contribution in [-0.2, 0) is 20.7 Å². The first kappa shape index (κ1) is 18.3. The Morgan fingerprint density at radius 2 is 1.83 bits per heavy atom. The van der Waals surface area contributed by atoms with Gasteiger partial charge in [-0.15, -0.1) is 0 Å². The number of benzene rings is 1. The molecule has 6 heteroatoms. The molecule has 0 bridgehead atoms. The van der Waals surface area contributed by atoms with E-state index in [0.29, 0.717) is 45.5 Å². The Kier molecular flexibility index (Phi) is 7.06. The lowest BCUT2D eigenvalue weighted by atomic mass is 9.95. The molecule has 1 aromatic carbocycles. The normalized spacial score (nSPS) is 15.2. The van der Waals surface area contributed by atoms with E-state index in [9.17, 15) is 9.59 Å². The van der Waals surface area contributed by atoms with Crippen LogP contribution in [0.4, 0.5) is 0 Å². The lowest BCUT2D eigenvalue weighted by Crippen LogP contribution is -2.44. The van der Waals surface area contributed by atoms with Crippen LogP contribution in [0.25, 0.3) is 0 Å². The van der Waals surface area contributed by atoms with E-state index in [2.05, 4.69) is 5.32 Å². The van der Waals surface area contributed by atoms with Gasteiger partial charge in [-0.2, -0.15) is 0 Å². The average Bonchev–Trinajstić information content (AvgIpc) is 2.62. The van der Waals surface area contributed by atoms with Crippen LogP contribution in [0.2, 0.25) is 0 Å². The molecule has 1 heterocycles. The SMILES string of the molecule is COCCNC(=O)C1CCN(C(=O)Cc2ccc(OC)cc2)CC1. The molecule has 0 aromatic heterocycles. The molecule has 132 valence electrons. The maximum Gasteiger partial charge on any atom is 0.226 e. The van der Waals surface area contributed by atoms with E-state index < -0.39 is 0 Å². The summed E-state index contributed by atoms with van der Waals surface area (Å²) < 4.78 is 10.0. The molecular weight excluding hydrogens is 308 g/mol. The van der Waals surface area contributed by atoms with E-state index in [4.69, 9.17) is 9.47 Å². The van der Waals surface area contributed by atoms with Gasteiger partial charge in [-0.3, -0.25) is 9.59 Å². The van der Waals surface area contributed by atoms with Crippen molar-refractivity contribution in [3.05, 3.63) is 29.8 Å². The van der Waals surface area contributed by atoms with Gasteiger partial charge in [0.05, 0.1) is 20.1 Å². The quantitative estimate of drug-likeness (QED) is 0.762. The van der Waals surface area contributed by atoms with E-state index in [0.717, 1.165) is 11.3 Å². The predicted octanol–water partition coefficient (Wildman–Crippen LogP) is 1.24. The minimum atomic E-state index is -0.00751. The minimum Gasteiger partial charge on any atom is -0.497 e. The van der Waals surface area contributed by atoms with Crippen LogP contribution < -0.4 is 10.1 Å². The summed E-state index contributed by atoms with van der Waals surface area (Å²) in [6.45, 7) is 2.32. The van der Waals surface area contributed by atoms with Gasteiger partial charge in [0.2, 0.25) is 11.8 Å². The summed E-state index contributed by atoms with van der Waals surface area (Å²) in [6, 6.07) is 7.54. The molecule has 1 aliphatic heterocycles. The molecule has 0 radical (unpaired) electrons. The number of carbonyl (C=O) groups excluding carboxylic acids is 2. The second-order valence-electron chi connectivity index (χ2n) is 5.96. The van der Waals surface area contributed by atoms with Crippen LogP contribution in [0.3, 0.4) is 0 Å². The van der Waals surface area contributed by atoms with Gasteiger partial charge in [-0.05, 0) is 30.5 Å². The van der Waals surface area contributed by atoms with Crippen molar-refractivity contribution in [3.63, 3.8) is 0 Å². The molecule has 0 unspecified atom stereocenters. The summed E-state index contributed by atoms with van der Waals surface area (Å²) in [5.41, 5.74) is 0.972. The first-order chi connectivity index (χ1) is 11.6. The fourth-order valence-corrected chi connectivity index (χ4v) is 2.84. The van der Waals surface area contributed by atoms with Gasteiger partial charge >= 0.3 is 0 Å². The zero-order valence-corrected chi connectivity index (χ0v) is 14.4. The smallest absolute Gasteiger partial charge is 0.226 e. The van der Waals surface area contributed by atoms with Crippen molar-refractivity contribution in [1.29, 1.82) is 0 Å². The van der Waals surface area contributed by atoms with E-state index in [1.54, 1.807) is 14.2 Å². The van der Waals surface area contributed by atoms with E-state index in [1.165, 1.54) is 0 Å². The first-order valence-electron chi connectivity index (χ1n) is 8.31. The lowest BCUT2D eigenvalue weighted by molar-refractivity contribution is -0.135. The highest BCUT2D eigenvalue weighted by atomic mass is 16.5. The third-order valence-electron chi connectivity index (χ3n) is 4.34. The fraction of sp³-hybridized carbons (Fsp3) is 0.556. The number of nitrogens with one attached hydrogen (secondary N) is 1. The molecule has 1 fully saturated rings. The highest BCUT2D eigenvalue weighted by Crippen LogP contribution is 2.19. The highest BCUT2D eigenvalue weighted by Gasteiger charge is 2.27. The molecule has 24 heavy (non-hydrogen) atoms. The van der Waals surface area contributed by atoms with Crippen molar-refractivity contribution >= 4 is 11.8 Å². The fourth-order valence-electron chi connectivity index (χ4n) is 2.84. The Bertz CT molecular complexity index is 536. The number of likely N-dealkylation sites (tertiary alicyclic amines) is 1. The number of ether oxygens (including phenoxy) is 2. The molecule has 2 amide bonds. The van der Waals surface area contributed by atoms with E-state index in [1.807, 2.05) is 29.2 Å². The van der Waals surface area contributed by atoms with Crippen molar-refractivity contribution in [2.45, 2.75) is 19.3 Å². The van der Waals surface area contributed by atoms with Crippen molar-refractivity contribution in [2.75, 3.05) is 40.5 Å². The first-order valence-corrected chi connectivity index (χ1v) is 8.31. The molecule has 0 atom stereocenters. The number of nitrogens with zero attached hydrogens (tertiary/aromatic N) is 1. The number of amides is 2. The number of methoxy groups -OCH3 is 2. The van der Waals surface area contributed by atoms with Gasteiger partial charge in [-0.25, -0.2) is 0 Å². The summed E-state index contributed by atoms with van der Waals surface area (Å²) in [4.78, 5) is 26.3. The Hall–Kier alpha value is -2.08. The monoisotopic (exact) mass is 334 g/mol. The number of carbonyl (C=O) groups is 2. The van der Waals surface area contributed by atoms with Crippen LogP contribution in [-0.4, -0.2) is 57.2 Å². The topological polar surface area (TPSA) is 67.9 Å². The summed E-state index contributed by atoms with van der Waals surface area (Å²) >= 11 is 0. The molecule has 1 saturated heterocycles. The molecule has 0 saturated carbocycles. The summed E-state index contributed by atoms with van der Waals surface area (Å²) in [6.07, 6.45) is 1.81. The largest absolute Gasteiger partial charge is 0.497 e. The molecular formula is C18H26N2O4. The number of hydrogen-bond donors (Lipinski definition) is 1. The molecule has 1 aliphatic rings. The Balaban J connectivity index is 1.76. The van der Waals surface area contributed by atoms with Crippen LogP contribution in [0.1, 0.15) is 18.4 Å². The Morgan fingerprint density at radius 1 is 1.17 bits per heavy atom. The second kappa shape index (κ2) is 9.27. The van der Waals surface area contributed by atoms with Gasteiger partial charge in [0.1, 0.15) is 5.75 Å². The summed E-state index contributed by atoms with van der Waals surface area (Å²) in [5, 5.41) is 2.87. The van der Waals surface area contributed by atoms with Crippen molar-refractivity contribution < 1.29 is 19.1 Å². The maximum absolute atomic E-state index is 12.4. The second-order valence-corrected chi connectivity index (χ2v) is 5.96. The summed E-state index contributed by atoms with van der Waals surface area (Å²) in [7, 11) is 3.23. The third-order valence-corrected chi connectivity index (χ3v) is 4.34. The van der Waals surface area contributed by atoms with Crippen molar-refractivity contribution in [3.8, 4) is 5.75 Å².